The first-order valence-electron chi connectivity index (χ1n) is 13.2. The molecular weight excluding hydrogens is 484 g/mol. The van der Waals surface area contributed by atoms with Crippen molar-refractivity contribution in [2.75, 3.05) is 37.8 Å². The van der Waals surface area contributed by atoms with Gasteiger partial charge in [0.05, 0.1) is 25.7 Å². The molecule has 2 aliphatic rings. The summed E-state index contributed by atoms with van der Waals surface area (Å²) in [5.74, 6) is -0.810. The molecule has 2 aromatic rings. The number of nitrogens with zero attached hydrogens (tertiary/aromatic N) is 3. The van der Waals surface area contributed by atoms with Crippen LogP contribution in [0.15, 0.2) is 60.7 Å². The van der Waals surface area contributed by atoms with Crippen LogP contribution < -0.4 is 10.2 Å². The summed E-state index contributed by atoms with van der Waals surface area (Å²) in [6.45, 7) is 5.01. The van der Waals surface area contributed by atoms with Gasteiger partial charge in [0.1, 0.15) is 12.1 Å². The molecule has 9 nitrogen and oxygen atoms in total. The van der Waals surface area contributed by atoms with Crippen molar-refractivity contribution in [1.82, 2.24) is 15.1 Å². The number of hydrogen-bond donors (Lipinski definition) is 1. The predicted octanol–water partition coefficient (Wildman–Crippen LogP) is 2.87. The van der Waals surface area contributed by atoms with Crippen LogP contribution in [0.1, 0.15) is 51.1 Å². The van der Waals surface area contributed by atoms with Gasteiger partial charge in [-0.3, -0.25) is 19.2 Å². The van der Waals surface area contributed by atoms with Gasteiger partial charge in [-0.1, -0.05) is 48.5 Å². The fourth-order valence-corrected chi connectivity index (χ4v) is 5.33. The fourth-order valence-electron chi connectivity index (χ4n) is 5.33. The van der Waals surface area contributed by atoms with E-state index in [1.165, 1.54) is 0 Å². The normalized spacial score (nSPS) is 17.4. The van der Waals surface area contributed by atoms with Gasteiger partial charge in [-0.2, -0.15) is 0 Å². The summed E-state index contributed by atoms with van der Waals surface area (Å²) in [7, 11) is 0. The van der Waals surface area contributed by atoms with Crippen LogP contribution in [0.4, 0.5) is 5.69 Å². The molecule has 4 rings (SSSR count). The number of likely N-dealkylation sites (tertiary alicyclic amines) is 1. The number of carbonyl (C=O) groups is 4. The SMILES string of the molecule is CCOC(=O)CCC(=O)N1CCC2(CC1)C(=O)N(CC(=O)NC(C)c1ccccc1)CN2c1ccccc1. The van der Waals surface area contributed by atoms with Crippen LogP contribution >= 0.6 is 0 Å². The zero-order valence-corrected chi connectivity index (χ0v) is 22.1. The minimum atomic E-state index is -0.829. The summed E-state index contributed by atoms with van der Waals surface area (Å²) in [6.07, 6.45) is 1.04. The summed E-state index contributed by atoms with van der Waals surface area (Å²) in [5.41, 5.74) is 1.07. The van der Waals surface area contributed by atoms with E-state index in [-0.39, 0.29) is 55.7 Å². The van der Waals surface area contributed by atoms with Crippen molar-refractivity contribution < 1.29 is 23.9 Å². The first-order valence-corrected chi connectivity index (χ1v) is 13.2. The number of benzene rings is 2. The van der Waals surface area contributed by atoms with Crippen molar-refractivity contribution in [3.63, 3.8) is 0 Å². The summed E-state index contributed by atoms with van der Waals surface area (Å²) >= 11 is 0. The number of anilines is 1. The molecule has 0 bridgehead atoms. The zero-order chi connectivity index (χ0) is 27.1. The van der Waals surface area contributed by atoms with Crippen molar-refractivity contribution in [3.05, 3.63) is 66.2 Å². The molecule has 0 saturated carbocycles. The second kappa shape index (κ2) is 12.1. The molecule has 2 saturated heterocycles. The third-order valence-electron chi connectivity index (χ3n) is 7.39. The molecule has 0 radical (unpaired) electrons. The van der Waals surface area contributed by atoms with Gasteiger partial charge in [0.15, 0.2) is 0 Å². The van der Waals surface area contributed by atoms with E-state index in [0.717, 1.165) is 11.3 Å². The first-order chi connectivity index (χ1) is 18.3. The number of piperidine rings is 1. The Balaban J connectivity index is 1.44. The lowest BCUT2D eigenvalue weighted by Gasteiger charge is -2.43. The molecule has 1 spiro atoms. The summed E-state index contributed by atoms with van der Waals surface area (Å²) in [4.78, 5) is 56.6. The van der Waals surface area contributed by atoms with Gasteiger partial charge in [0.2, 0.25) is 11.8 Å². The largest absolute Gasteiger partial charge is 0.466 e. The van der Waals surface area contributed by atoms with Crippen LogP contribution in [-0.2, 0) is 23.9 Å². The molecule has 1 unspecified atom stereocenters. The highest BCUT2D eigenvalue weighted by Gasteiger charge is 2.54. The minimum Gasteiger partial charge on any atom is -0.466 e. The molecule has 38 heavy (non-hydrogen) atoms. The maximum absolute atomic E-state index is 13.9. The molecule has 2 aliphatic heterocycles. The Morgan fingerprint density at radius 1 is 0.974 bits per heavy atom. The van der Waals surface area contributed by atoms with Gasteiger partial charge in [0.25, 0.3) is 5.91 Å². The quantitative estimate of drug-likeness (QED) is 0.511. The average Bonchev–Trinajstić information content (AvgIpc) is 3.19. The fraction of sp³-hybridized carbons (Fsp3) is 0.448. The summed E-state index contributed by atoms with van der Waals surface area (Å²) in [6, 6.07) is 19.2. The summed E-state index contributed by atoms with van der Waals surface area (Å²) in [5, 5.41) is 3.00. The lowest BCUT2D eigenvalue weighted by molar-refractivity contribution is -0.146. The lowest BCUT2D eigenvalue weighted by Crippen LogP contribution is -2.57. The van der Waals surface area contributed by atoms with Crippen molar-refractivity contribution in [2.24, 2.45) is 0 Å². The molecule has 3 amide bonds. The third kappa shape index (κ3) is 5.98. The molecule has 202 valence electrons. The topological polar surface area (TPSA) is 99.3 Å². The van der Waals surface area contributed by atoms with E-state index >= 15 is 0 Å². The molecule has 1 N–H and O–H groups in total. The Bertz CT molecular complexity index is 1130. The number of esters is 1. The van der Waals surface area contributed by atoms with E-state index in [2.05, 4.69) is 10.2 Å². The Morgan fingerprint density at radius 2 is 1.61 bits per heavy atom. The standard InChI is InChI=1S/C29H36N4O5/c1-3-38-27(36)15-14-26(35)31-18-16-29(17-19-31)28(37)32(21-33(29)24-12-8-5-9-13-24)20-25(34)30-22(2)23-10-6-4-7-11-23/h4-13,22H,3,14-21H2,1-2H3,(H,30,34). The van der Waals surface area contributed by atoms with Crippen LogP contribution in [0.2, 0.25) is 0 Å². The van der Waals surface area contributed by atoms with Gasteiger partial charge < -0.3 is 24.8 Å². The molecule has 2 aromatic carbocycles. The van der Waals surface area contributed by atoms with Crippen LogP contribution in [0.3, 0.4) is 0 Å². The predicted molar refractivity (Wildman–Crippen MR) is 143 cm³/mol. The number of nitrogens with one attached hydrogen (secondary N) is 1. The van der Waals surface area contributed by atoms with Gasteiger partial charge in [-0.05, 0) is 44.4 Å². The van der Waals surface area contributed by atoms with E-state index in [9.17, 15) is 19.2 Å². The monoisotopic (exact) mass is 520 g/mol. The van der Waals surface area contributed by atoms with E-state index in [1.54, 1.807) is 16.7 Å². The smallest absolute Gasteiger partial charge is 0.306 e. The highest BCUT2D eigenvalue weighted by atomic mass is 16.5. The number of para-hydroxylation sites is 1. The third-order valence-corrected chi connectivity index (χ3v) is 7.39. The van der Waals surface area contributed by atoms with Gasteiger partial charge in [-0.15, -0.1) is 0 Å². The van der Waals surface area contributed by atoms with Crippen LogP contribution in [0.5, 0.6) is 0 Å². The van der Waals surface area contributed by atoms with Gasteiger partial charge in [0, 0.05) is 25.2 Å². The number of amides is 3. The summed E-state index contributed by atoms with van der Waals surface area (Å²) < 4.78 is 4.93. The molecule has 1 atom stereocenters. The van der Waals surface area contributed by atoms with Crippen LogP contribution in [0, 0.1) is 0 Å². The Morgan fingerprint density at radius 3 is 2.24 bits per heavy atom. The van der Waals surface area contributed by atoms with E-state index in [0.29, 0.717) is 32.6 Å². The van der Waals surface area contributed by atoms with E-state index < -0.39 is 5.54 Å². The Labute approximate surface area is 223 Å². The van der Waals surface area contributed by atoms with E-state index in [1.807, 2.05) is 67.6 Å². The molecule has 0 aromatic heterocycles. The molecule has 0 aliphatic carbocycles. The Kier molecular flexibility index (Phi) is 8.66. The second-order valence-corrected chi connectivity index (χ2v) is 9.83. The maximum atomic E-state index is 13.9. The molecule has 2 fully saturated rings. The lowest BCUT2D eigenvalue weighted by atomic mass is 9.85. The minimum absolute atomic E-state index is 0.0384. The molecule has 2 heterocycles. The molecule has 9 heteroatoms. The van der Waals surface area contributed by atoms with Crippen molar-refractivity contribution in [3.8, 4) is 0 Å². The number of rotatable bonds is 9. The number of hydrogen-bond acceptors (Lipinski definition) is 6. The number of carbonyl (C=O) groups excluding carboxylic acids is 4. The Hall–Kier alpha value is -3.88. The molecular formula is C29H36N4O5. The van der Waals surface area contributed by atoms with Crippen LogP contribution in [0.25, 0.3) is 0 Å². The maximum Gasteiger partial charge on any atom is 0.306 e. The zero-order valence-electron chi connectivity index (χ0n) is 22.1. The highest BCUT2D eigenvalue weighted by Crippen LogP contribution is 2.39. The van der Waals surface area contributed by atoms with Crippen molar-refractivity contribution in [2.45, 2.75) is 51.1 Å². The van der Waals surface area contributed by atoms with Crippen molar-refractivity contribution >= 4 is 29.4 Å². The highest BCUT2D eigenvalue weighted by molar-refractivity contribution is 5.96. The second-order valence-electron chi connectivity index (χ2n) is 9.83. The van der Waals surface area contributed by atoms with E-state index in [4.69, 9.17) is 4.74 Å². The number of ether oxygens (including phenoxy) is 1. The van der Waals surface area contributed by atoms with Gasteiger partial charge >= 0.3 is 5.97 Å². The average molecular weight is 521 g/mol. The van der Waals surface area contributed by atoms with Crippen molar-refractivity contribution in [1.29, 1.82) is 0 Å². The van der Waals surface area contributed by atoms with Gasteiger partial charge in [-0.25, -0.2) is 0 Å². The van der Waals surface area contributed by atoms with Crippen LogP contribution in [-0.4, -0.2) is 71.9 Å². The first kappa shape index (κ1) is 27.2.